The van der Waals surface area contributed by atoms with E-state index in [-0.39, 0.29) is 13.0 Å². The molecule has 0 aromatic heterocycles. The van der Waals surface area contributed by atoms with Crippen molar-refractivity contribution in [1.29, 1.82) is 0 Å². The number of hydrogen-bond donors (Lipinski definition) is 6. The molecule has 0 saturated heterocycles. The fourth-order valence-corrected chi connectivity index (χ4v) is 4.86. The van der Waals surface area contributed by atoms with E-state index in [2.05, 4.69) is 15.4 Å². The Morgan fingerprint density at radius 1 is 0.800 bits per heavy atom. The fourth-order valence-electron chi connectivity index (χ4n) is 4.22. The lowest BCUT2D eigenvalue weighted by atomic mass is 10.0. The first-order valence-corrected chi connectivity index (χ1v) is 14.7. The number of nitrogens with two attached hydrogens (primary N) is 1. The van der Waals surface area contributed by atoms with Crippen molar-refractivity contribution < 1.29 is 37.5 Å². The Morgan fingerprint density at radius 2 is 1.38 bits per heavy atom. The van der Waals surface area contributed by atoms with Crippen molar-refractivity contribution in [3.05, 3.63) is 90.5 Å². The van der Waals surface area contributed by atoms with Crippen LogP contribution in [0.1, 0.15) is 18.4 Å². The molecule has 7 N–H and O–H groups in total. The summed E-state index contributed by atoms with van der Waals surface area (Å²) >= 11 is 1.23. The monoisotopic (exact) mass is 645 g/mol. The molecule has 0 spiro atoms. The molecule has 0 aliphatic rings. The van der Waals surface area contributed by atoms with E-state index in [0.29, 0.717) is 5.56 Å². The summed E-state index contributed by atoms with van der Waals surface area (Å²) in [7, 11) is 0. The SMILES string of the molecule is NC(=O)CCC(NC(=O)CNC(=O)[C@H](Cc1ccccc1)NC(=O)CNSc1ccc(-c2ccccc2)cc1)C(O)C(F)(F)F. The minimum Gasteiger partial charge on any atom is -0.382 e. The first kappa shape index (κ1) is 35.1. The second kappa shape index (κ2) is 17.2. The zero-order chi connectivity index (χ0) is 32.8. The quantitative estimate of drug-likeness (QED) is 0.130. The lowest BCUT2D eigenvalue weighted by molar-refractivity contribution is -0.212. The standard InChI is InChI=1S/C31H34F3N5O5S/c32-31(33,34)29(43)24(15-16-26(35)40)38-27(41)18-36-30(44)25(17-20-7-3-1-4-8-20)39-28(42)19-37-45-23-13-11-22(12-14-23)21-9-5-2-6-10-21/h1-14,24-25,29,37,43H,15-19H2,(H2,35,40)(H,36,44)(H,38,41)(H,39,42)/t24?,25-,29?/m0/s1. The maximum atomic E-state index is 13.1. The van der Waals surface area contributed by atoms with Gasteiger partial charge in [0.25, 0.3) is 0 Å². The summed E-state index contributed by atoms with van der Waals surface area (Å²) in [5.41, 5.74) is 7.81. The molecule has 3 rings (SSSR count). The Bertz CT molecular complexity index is 1410. The molecular formula is C31H34F3N5O5S. The normalized spacial score (nSPS) is 13.2. The van der Waals surface area contributed by atoms with Crippen molar-refractivity contribution in [2.45, 2.75) is 48.5 Å². The Labute approximate surface area is 262 Å². The topological polar surface area (TPSA) is 163 Å². The Morgan fingerprint density at radius 3 is 1.98 bits per heavy atom. The van der Waals surface area contributed by atoms with E-state index in [4.69, 9.17) is 5.73 Å². The average Bonchev–Trinajstić information content (AvgIpc) is 3.02. The molecule has 4 amide bonds. The van der Waals surface area contributed by atoms with Gasteiger partial charge in [0.05, 0.1) is 19.1 Å². The third kappa shape index (κ3) is 12.3. The number of benzene rings is 3. The number of rotatable bonds is 16. The number of alkyl halides is 3. The smallest absolute Gasteiger partial charge is 0.382 e. The predicted octanol–water partition coefficient (Wildman–Crippen LogP) is 2.47. The minimum atomic E-state index is -5.07. The Balaban J connectivity index is 1.55. The van der Waals surface area contributed by atoms with Crippen LogP contribution in [0.25, 0.3) is 11.1 Å². The van der Waals surface area contributed by atoms with Gasteiger partial charge in [-0.05, 0) is 47.2 Å². The highest BCUT2D eigenvalue weighted by molar-refractivity contribution is 7.97. The summed E-state index contributed by atoms with van der Waals surface area (Å²) < 4.78 is 42.1. The minimum absolute atomic E-state index is 0.0716. The van der Waals surface area contributed by atoms with Crippen LogP contribution >= 0.6 is 11.9 Å². The van der Waals surface area contributed by atoms with Gasteiger partial charge in [-0.25, -0.2) is 0 Å². The van der Waals surface area contributed by atoms with E-state index in [1.807, 2.05) is 59.9 Å². The molecule has 14 heteroatoms. The molecule has 0 radical (unpaired) electrons. The van der Waals surface area contributed by atoms with Crippen molar-refractivity contribution in [3.63, 3.8) is 0 Å². The van der Waals surface area contributed by atoms with Crippen LogP contribution in [-0.4, -0.2) is 66.2 Å². The summed E-state index contributed by atoms with van der Waals surface area (Å²) in [5.74, 6) is -3.21. The molecule has 2 unspecified atom stereocenters. The van der Waals surface area contributed by atoms with Crippen molar-refractivity contribution in [2.24, 2.45) is 5.73 Å². The van der Waals surface area contributed by atoms with Gasteiger partial charge < -0.3 is 26.8 Å². The highest BCUT2D eigenvalue weighted by atomic mass is 32.2. The lowest BCUT2D eigenvalue weighted by Crippen LogP contribution is -2.54. The van der Waals surface area contributed by atoms with Gasteiger partial charge in [-0.3, -0.25) is 23.9 Å². The van der Waals surface area contributed by atoms with Gasteiger partial charge in [-0.2, -0.15) is 13.2 Å². The molecule has 3 aromatic carbocycles. The molecule has 0 fully saturated rings. The van der Waals surface area contributed by atoms with Gasteiger partial charge >= 0.3 is 6.18 Å². The molecule has 240 valence electrons. The van der Waals surface area contributed by atoms with E-state index in [1.54, 1.807) is 30.3 Å². The molecule has 0 aliphatic heterocycles. The van der Waals surface area contributed by atoms with E-state index < -0.39 is 67.4 Å². The van der Waals surface area contributed by atoms with Crippen LogP contribution in [0.4, 0.5) is 13.2 Å². The number of carbonyl (C=O) groups is 4. The maximum absolute atomic E-state index is 13.1. The van der Waals surface area contributed by atoms with Crippen LogP contribution in [0, 0.1) is 0 Å². The second-order valence-corrected chi connectivity index (χ2v) is 11.0. The van der Waals surface area contributed by atoms with Crippen molar-refractivity contribution in [1.82, 2.24) is 20.7 Å². The second-order valence-electron chi connectivity index (χ2n) is 10.0. The molecule has 3 atom stereocenters. The molecule has 0 saturated carbocycles. The van der Waals surface area contributed by atoms with Gasteiger partial charge in [0.2, 0.25) is 23.6 Å². The average molecular weight is 646 g/mol. The van der Waals surface area contributed by atoms with Gasteiger partial charge in [0.15, 0.2) is 6.10 Å². The summed E-state index contributed by atoms with van der Waals surface area (Å²) in [4.78, 5) is 50.0. The lowest BCUT2D eigenvalue weighted by Gasteiger charge is -2.26. The first-order chi connectivity index (χ1) is 21.4. The maximum Gasteiger partial charge on any atom is 0.416 e. The summed E-state index contributed by atoms with van der Waals surface area (Å²) in [6.45, 7) is -0.897. The molecule has 0 aliphatic carbocycles. The van der Waals surface area contributed by atoms with Gasteiger partial charge in [0.1, 0.15) is 6.04 Å². The number of nitrogens with one attached hydrogen (secondary N) is 4. The van der Waals surface area contributed by atoms with Gasteiger partial charge in [-0.15, -0.1) is 0 Å². The van der Waals surface area contributed by atoms with Crippen LogP contribution in [-0.2, 0) is 25.6 Å². The first-order valence-electron chi connectivity index (χ1n) is 13.9. The zero-order valence-electron chi connectivity index (χ0n) is 24.1. The van der Waals surface area contributed by atoms with Crippen LogP contribution in [0.2, 0.25) is 0 Å². The molecule has 3 aromatic rings. The summed E-state index contributed by atoms with van der Waals surface area (Å²) in [6, 6.07) is 23.4. The number of hydrogen-bond acceptors (Lipinski definition) is 7. The largest absolute Gasteiger partial charge is 0.416 e. The molecule has 45 heavy (non-hydrogen) atoms. The van der Waals surface area contributed by atoms with Crippen molar-refractivity contribution in [3.8, 4) is 11.1 Å². The van der Waals surface area contributed by atoms with Crippen LogP contribution in [0.3, 0.4) is 0 Å². The molecular weight excluding hydrogens is 611 g/mol. The number of amides is 4. The number of aliphatic hydroxyl groups is 1. The summed E-state index contributed by atoms with van der Waals surface area (Å²) in [6.07, 6.45) is -9.02. The fraction of sp³-hybridized carbons (Fsp3) is 0.290. The van der Waals surface area contributed by atoms with E-state index >= 15 is 0 Å². The summed E-state index contributed by atoms with van der Waals surface area (Å²) in [5, 5.41) is 16.5. The third-order valence-electron chi connectivity index (χ3n) is 6.51. The van der Waals surface area contributed by atoms with E-state index in [0.717, 1.165) is 16.0 Å². The van der Waals surface area contributed by atoms with Crippen LogP contribution < -0.4 is 26.4 Å². The highest BCUT2D eigenvalue weighted by Gasteiger charge is 2.44. The van der Waals surface area contributed by atoms with Crippen molar-refractivity contribution in [2.75, 3.05) is 13.1 Å². The van der Waals surface area contributed by atoms with Crippen LogP contribution in [0.15, 0.2) is 89.8 Å². The highest BCUT2D eigenvalue weighted by Crippen LogP contribution is 2.24. The number of primary amides is 1. The van der Waals surface area contributed by atoms with Crippen LogP contribution in [0.5, 0.6) is 0 Å². The molecule has 10 nitrogen and oxygen atoms in total. The van der Waals surface area contributed by atoms with Gasteiger partial charge in [0, 0.05) is 17.7 Å². The zero-order valence-corrected chi connectivity index (χ0v) is 24.9. The van der Waals surface area contributed by atoms with Gasteiger partial charge in [-0.1, -0.05) is 72.8 Å². The van der Waals surface area contributed by atoms with E-state index in [1.165, 1.54) is 11.9 Å². The molecule has 0 bridgehead atoms. The number of aliphatic hydroxyl groups excluding tert-OH is 1. The number of carbonyl (C=O) groups excluding carboxylic acids is 4. The Kier molecular flexibility index (Phi) is 13.4. The molecule has 0 heterocycles. The van der Waals surface area contributed by atoms with Crippen molar-refractivity contribution >= 4 is 35.6 Å². The Hall–Kier alpha value is -4.40. The predicted molar refractivity (Wildman–Crippen MR) is 163 cm³/mol. The number of halogens is 3. The third-order valence-corrected chi connectivity index (χ3v) is 7.30. The van der Waals surface area contributed by atoms with E-state index in [9.17, 15) is 37.5 Å².